The molecule has 0 aromatic heterocycles. The molecule has 1 atom stereocenters. The lowest BCUT2D eigenvalue weighted by molar-refractivity contribution is -0.126. The van der Waals surface area contributed by atoms with E-state index in [0.29, 0.717) is 17.5 Å². The SMILES string of the molecule is CCCC[C@@H]1S/C(=N\N=C/c2cc(Br)ccc2OC)N(Cc2ccc(OC)cc2)C1=O. The first-order chi connectivity index (χ1) is 15.0. The lowest BCUT2D eigenvalue weighted by Crippen LogP contribution is -2.31. The van der Waals surface area contributed by atoms with Crippen LogP contribution in [0.2, 0.25) is 0 Å². The number of ether oxygens (including phenoxy) is 2. The van der Waals surface area contributed by atoms with Crippen molar-refractivity contribution in [3.8, 4) is 11.5 Å². The fourth-order valence-corrected chi connectivity index (χ4v) is 4.69. The highest BCUT2D eigenvalue weighted by Crippen LogP contribution is 2.32. The summed E-state index contributed by atoms with van der Waals surface area (Å²) in [5.74, 6) is 1.58. The van der Waals surface area contributed by atoms with Gasteiger partial charge in [0, 0.05) is 10.0 Å². The molecular formula is C23H26BrN3O3S. The number of amides is 1. The number of carbonyl (C=O) groups is 1. The first-order valence-electron chi connectivity index (χ1n) is 10.1. The minimum absolute atomic E-state index is 0.0863. The number of rotatable bonds is 9. The minimum atomic E-state index is -0.118. The van der Waals surface area contributed by atoms with Gasteiger partial charge in [0.1, 0.15) is 11.5 Å². The molecule has 1 amide bonds. The Hall–Kier alpha value is -2.32. The molecule has 164 valence electrons. The van der Waals surface area contributed by atoms with Gasteiger partial charge >= 0.3 is 0 Å². The van der Waals surface area contributed by atoms with Crippen LogP contribution in [0.15, 0.2) is 57.1 Å². The van der Waals surface area contributed by atoms with Crippen molar-refractivity contribution in [2.24, 2.45) is 10.2 Å². The summed E-state index contributed by atoms with van der Waals surface area (Å²) < 4.78 is 11.5. The molecule has 0 radical (unpaired) electrons. The smallest absolute Gasteiger partial charge is 0.242 e. The van der Waals surface area contributed by atoms with Gasteiger partial charge in [0.05, 0.1) is 32.2 Å². The van der Waals surface area contributed by atoms with Crippen molar-refractivity contribution >= 4 is 45.0 Å². The summed E-state index contributed by atoms with van der Waals surface area (Å²) in [6, 6.07) is 13.4. The van der Waals surface area contributed by atoms with Gasteiger partial charge in [0.25, 0.3) is 0 Å². The molecule has 1 fully saturated rings. The third-order valence-electron chi connectivity index (χ3n) is 4.87. The number of halogens is 1. The van der Waals surface area contributed by atoms with Gasteiger partial charge in [-0.25, -0.2) is 0 Å². The Morgan fingerprint density at radius 2 is 1.94 bits per heavy atom. The van der Waals surface area contributed by atoms with E-state index in [9.17, 15) is 4.79 Å². The highest BCUT2D eigenvalue weighted by atomic mass is 79.9. The molecule has 1 saturated heterocycles. The van der Waals surface area contributed by atoms with Gasteiger partial charge in [-0.05, 0) is 42.3 Å². The van der Waals surface area contributed by atoms with Crippen molar-refractivity contribution in [1.29, 1.82) is 0 Å². The fraction of sp³-hybridized carbons (Fsp3) is 0.348. The summed E-state index contributed by atoms with van der Waals surface area (Å²) in [4.78, 5) is 14.8. The fourth-order valence-electron chi connectivity index (χ4n) is 3.16. The van der Waals surface area contributed by atoms with Gasteiger partial charge in [-0.3, -0.25) is 9.69 Å². The molecule has 2 aromatic rings. The molecule has 8 heteroatoms. The van der Waals surface area contributed by atoms with Crippen molar-refractivity contribution in [2.75, 3.05) is 14.2 Å². The number of methoxy groups -OCH3 is 2. The van der Waals surface area contributed by atoms with E-state index in [1.807, 2.05) is 42.5 Å². The van der Waals surface area contributed by atoms with Gasteiger partial charge in [0.15, 0.2) is 5.17 Å². The van der Waals surface area contributed by atoms with Gasteiger partial charge in [-0.2, -0.15) is 5.10 Å². The molecule has 0 bridgehead atoms. The van der Waals surface area contributed by atoms with Crippen molar-refractivity contribution < 1.29 is 14.3 Å². The van der Waals surface area contributed by atoms with Crippen LogP contribution >= 0.6 is 27.7 Å². The molecule has 1 heterocycles. The Balaban J connectivity index is 1.83. The number of hydrogen-bond acceptors (Lipinski definition) is 6. The van der Waals surface area contributed by atoms with Crippen LogP contribution in [0.25, 0.3) is 0 Å². The molecule has 31 heavy (non-hydrogen) atoms. The van der Waals surface area contributed by atoms with E-state index >= 15 is 0 Å². The molecule has 0 unspecified atom stereocenters. The average molecular weight is 504 g/mol. The maximum atomic E-state index is 13.0. The standard InChI is InChI=1S/C23H26BrN3O3S/c1-4-5-6-21-22(28)27(15-16-7-10-19(29-2)11-8-16)23(31-21)26-25-14-17-13-18(24)9-12-20(17)30-3/h7-14,21H,4-6,15H2,1-3H3/b25-14-,26-23-/t21-/m0/s1. The Labute approximate surface area is 195 Å². The Kier molecular flexibility index (Phi) is 8.54. The second-order valence-corrected chi connectivity index (χ2v) is 9.12. The third-order valence-corrected chi connectivity index (χ3v) is 6.60. The molecule has 0 aliphatic carbocycles. The lowest BCUT2D eigenvalue weighted by atomic mass is 10.1. The predicted molar refractivity (Wildman–Crippen MR) is 130 cm³/mol. The number of thioether (sulfide) groups is 1. The monoisotopic (exact) mass is 503 g/mol. The number of unbranched alkanes of at least 4 members (excludes halogenated alkanes) is 1. The second kappa shape index (κ2) is 11.3. The predicted octanol–water partition coefficient (Wildman–Crippen LogP) is 5.49. The molecule has 6 nitrogen and oxygen atoms in total. The Bertz CT molecular complexity index is 963. The van der Waals surface area contributed by atoms with Crippen molar-refractivity contribution in [3.63, 3.8) is 0 Å². The lowest BCUT2D eigenvalue weighted by Gasteiger charge is -2.16. The maximum Gasteiger partial charge on any atom is 0.242 e. The number of amidine groups is 1. The van der Waals surface area contributed by atoms with Crippen molar-refractivity contribution in [3.05, 3.63) is 58.1 Å². The average Bonchev–Trinajstić information content (AvgIpc) is 3.07. The van der Waals surface area contributed by atoms with Gasteiger partial charge in [-0.1, -0.05) is 59.6 Å². The normalized spacial score (nSPS) is 17.7. The molecular weight excluding hydrogens is 478 g/mol. The number of hydrogen-bond donors (Lipinski definition) is 0. The molecule has 3 rings (SSSR count). The molecule has 1 aliphatic rings. The summed E-state index contributed by atoms with van der Waals surface area (Å²) in [5, 5.41) is 9.17. The topological polar surface area (TPSA) is 63.5 Å². The van der Waals surface area contributed by atoms with Crippen LogP contribution in [0.5, 0.6) is 11.5 Å². The van der Waals surface area contributed by atoms with Crippen LogP contribution in [-0.4, -0.2) is 41.7 Å². The first-order valence-corrected chi connectivity index (χ1v) is 11.8. The van der Waals surface area contributed by atoms with Crippen molar-refractivity contribution in [1.82, 2.24) is 4.90 Å². The van der Waals surface area contributed by atoms with E-state index in [2.05, 4.69) is 33.1 Å². The van der Waals surface area contributed by atoms with E-state index in [-0.39, 0.29) is 11.2 Å². The summed E-state index contributed by atoms with van der Waals surface area (Å²) >= 11 is 4.95. The highest BCUT2D eigenvalue weighted by molar-refractivity contribution is 9.10. The maximum absolute atomic E-state index is 13.0. The summed E-state index contributed by atoms with van der Waals surface area (Å²) in [6.07, 6.45) is 4.54. The van der Waals surface area contributed by atoms with Crippen LogP contribution in [0.1, 0.15) is 37.3 Å². The van der Waals surface area contributed by atoms with Gasteiger partial charge in [-0.15, -0.1) is 5.10 Å². The van der Waals surface area contributed by atoms with Gasteiger partial charge < -0.3 is 9.47 Å². The minimum Gasteiger partial charge on any atom is -0.497 e. The molecule has 0 saturated carbocycles. The zero-order valence-electron chi connectivity index (χ0n) is 17.9. The zero-order valence-corrected chi connectivity index (χ0v) is 20.3. The second-order valence-electron chi connectivity index (χ2n) is 7.03. The van der Waals surface area contributed by atoms with Crippen molar-refractivity contribution in [2.45, 2.75) is 38.0 Å². The van der Waals surface area contributed by atoms with Crippen LogP contribution in [0.4, 0.5) is 0 Å². The number of carbonyl (C=O) groups excluding carboxylic acids is 1. The highest BCUT2D eigenvalue weighted by Gasteiger charge is 2.37. The van der Waals surface area contributed by atoms with E-state index in [4.69, 9.17) is 9.47 Å². The van der Waals surface area contributed by atoms with Crippen LogP contribution in [-0.2, 0) is 11.3 Å². The molecule has 2 aromatic carbocycles. The van der Waals surface area contributed by atoms with Gasteiger partial charge in [0.2, 0.25) is 5.91 Å². The number of benzene rings is 2. The molecule has 0 spiro atoms. The first kappa shape index (κ1) is 23.3. The third kappa shape index (κ3) is 6.11. The summed E-state index contributed by atoms with van der Waals surface area (Å²) in [5.41, 5.74) is 1.82. The van der Waals surface area contributed by atoms with Crippen LogP contribution in [0, 0.1) is 0 Å². The molecule has 1 aliphatic heterocycles. The Morgan fingerprint density at radius 3 is 2.61 bits per heavy atom. The summed E-state index contributed by atoms with van der Waals surface area (Å²) in [7, 11) is 3.25. The summed E-state index contributed by atoms with van der Waals surface area (Å²) in [6.45, 7) is 2.58. The quantitative estimate of drug-likeness (QED) is 0.335. The molecule has 0 N–H and O–H groups in total. The number of nitrogens with zero attached hydrogens (tertiary/aromatic N) is 3. The zero-order chi connectivity index (χ0) is 22.2. The van der Waals surface area contributed by atoms with E-state index in [0.717, 1.165) is 40.6 Å². The Morgan fingerprint density at radius 1 is 1.16 bits per heavy atom. The van der Waals surface area contributed by atoms with Crippen LogP contribution < -0.4 is 9.47 Å². The largest absolute Gasteiger partial charge is 0.497 e. The van der Waals surface area contributed by atoms with Crippen LogP contribution in [0.3, 0.4) is 0 Å². The van der Waals surface area contributed by atoms with E-state index < -0.39 is 0 Å². The van der Waals surface area contributed by atoms with E-state index in [1.165, 1.54) is 11.8 Å². The van der Waals surface area contributed by atoms with E-state index in [1.54, 1.807) is 25.3 Å².